The Kier molecular flexibility index (Phi) is 4.25. The van der Waals surface area contributed by atoms with E-state index in [1.54, 1.807) is 0 Å². The number of halogens is 3. The van der Waals surface area contributed by atoms with Gasteiger partial charge in [0.05, 0.1) is 0 Å². The third-order valence-corrected chi connectivity index (χ3v) is 3.93. The zero-order valence-corrected chi connectivity index (χ0v) is 14.5. The minimum atomic E-state index is -3.27. The topological polar surface area (TPSA) is 61.0 Å². The normalized spacial score (nSPS) is 17.6. The van der Waals surface area contributed by atoms with Gasteiger partial charge in [-0.25, -0.2) is 8.78 Å². The molecule has 8 heteroatoms. The van der Waals surface area contributed by atoms with Gasteiger partial charge in [0.15, 0.2) is 5.82 Å². The van der Waals surface area contributed by atoms with Gasteiger partial charge in [0.2, 0.25) is 0 Å². The van der Waals surface area contributed by atoms with Crippen LogP contribution in [0.3, 0.4) is 0 Å². The first-order valence-electron chi connectivity index (χ1n) is 8.08. The fourth-order valence-electron chi connectivity index (χ4n) is 2.25. The summed E-state index contributed by atoms with van der Waals surface area (Å²) < 4.78 is 49.9. The SMILES string of the molecule is CC(C)(C)c1noc(-c2cc(O[C@](C)(F)C(F)F)c(C3CC3)cn2)n1. The molecular weight excluding hydrogens is 335 g/mol. The number of ether oxygens (including phenoxy) is 1. The Morgan fingerprint density at radius 3 is 2.44 bits per heavy atom. The van der Waals surface area contributed by atoms with E-state index in [1.807, 2.05) is 20.8 Å². The van der Waals surface area contributed by atoms with E-state index in [2.05, 4.69) is 15.1 Å². The van der Waals surface area contributed by atoms with Crippen molar-refractivity contribution in [2.24, 2.45) is 0 Å². The van der Waals surface area contributed by atoms with E-state index >= 15 is 0 Å². The van der Waals surface area contributed by atoms with E-state index in [9.17, 15) is 13.2 Å². The van der Waals surface area contributed by atoms with Crippen LogP contribution in [-0.2, 0) is 5.41 Å². The Balaban J connectivity index is 1.97. The number of hydrogen-bond acceptors (Lipinski definition) is 5. The van der Waals surface area contributed by atoms with Crippen molar-refractivity contribution in [3.05, 3.63) is 23.7 Å². The molecule has 2 aromatic rings. The van der Waals surface area contributed by atoms with Crippen molar-refractivity contribution in [1.29, 1.82) is 0 Å². The molecule has 0 unspecified atom stereocenters. The molecule has 0 bridgehead atoms. The van der Waals surface area contributed by atoms with Gasteiger partial charge in [-0.05, 0) is 18.8 Å². The average molecular weight is 355 g/mol. The highest BCUT2D eigenvalue weighted by Crippen LogP contribution is 2.45. The van der Waals surface area contributed by atoms with E-state index in [4.69, 9.17) is 9.26 Å². The van der Waals surface area contributed by atoms with Crippen molar-refractivity contribution >= 4 is 0 Å². The zero-order chi connectivity index (χ0) is 18.4. The van der Waals surface area contributed by atoms with Crippen molar-refractivity contribution in [3.8, 4) is 17.3 Å². The summed E-state index contributed by atoms with van der Waals surface area (Å²) in [5.41, 5.74) is 0.554. The molecule has 1 aliphatic carbocycles. The van der Waals surface area contributed by atoms with E-state index in [0.717, 1.165) is 12.8 Å². The van der Waals surface area contributed by atoms with Crippen LogP contribution in [0.4, 0.5) is 13.2 Å². The summed E-state index contributed by atoms with van der Waals surface area (Å²) in [6.07, 6.45) is 0.0189. The standard InChI is InChI=1S/C17H20F3N3O2/c1-16(2,3)15-22-13(25-23-15)11-7-12(24-17(4,20)14(18)19)10(8-21-11)9-5-6-9/h7-9,14H,5-6H2,1-4H3/t17-/m0/s1. The number of rotatable bonds is 5. The van der Waals surface area contributed by atoms with E-state index in [-0.39, 0.29) is 28.7 Å². The molecular formula is C17H20F3N3O2. The quantitative estimate of drug-likeness (QED) is 0.782. The first-order chi connectivity index (χ1) is 11.6. The Morgan fingerprint density at radius 1 is 1.24 bits per heavy atom. The maximum Gasteiger partial charge on any atom is 0.306 e. The van der Waals surface area contributed by atoms with Gasteiger partial charge in [0, 0.05) is 30.2 Å². The van der Waals surface area contributed by atoms with E-state index in [1.165, 1.54) is 12.3 Å². The predicted octanol–water partition coefficient (Wildman–Crippen LogP) is 4.64. The van der Waals surface area contributed by atoms with Gasteiger partial charge in [-0.1, -0.05) is 25.9 Å². The summed E-state index contributed by atoms with van der Waals surface area (Å²) in [6.45, 7) is 6.49. The van der Waals surface area contributed by atoms with Crippen LogP contribution in [0.1, 0.15) is 57.8 Å². The third kappa shape index (κ3) is 3.77. The Bertz CT molecular complexity index is 765. The van der Waals surface area contributed by atoms with Gasteiger partial charge in [-0.15, -0.1) is 0 Å². The van der Waals surface area contributed by atoms with E-state index in [0.29, 0.717) is 18.3 Å². The molecule has 0 amide bonds. The van der Waals surface area contributed by atoms with Crippen LogP contribution < -0.4 is 4.74 Å². The van der Waals surface area contributed by atoms with Crippen LogP contribution in [0, 0.1) is 0 Å². The zero-order valence-electron chi connectivity index (χ0n) is 14.5. The molecule has 25 heavy (non-hydrogen) atoms. The maximum absolute atomic E-state index is 14.0. The van der Waals surface area contributed by atoms with Crippen molar-refractivity contribution in [3.63, 3.8) is 0 Å². The average Bonchev–Trinajstić information content (AvgIpc) is 3.21. The van der Waals surface area contributed by atoms with Crippen LogP contribution in [0.2, 0.25) is 0 Å². The second-order valence-electron chi connectivity index (χ2n) is 7.44. The van der Waals surface area contributed by atoms with Gasteiger partial charge in [0.25, 0.3) is 5.89 Å². The molecule has 0 spiro atoms. The van der Waals surface area contributed by atoms with Crippen LogP contribution >= 0.6 is 0 Å². The predicted molar refractivity (Wildman–Crippen MR) is 84.3 cm³/mol. The monoisotopic (exact) mass is 355 g/mol. The van der Waals surface area contributed by atoms with Gasteiger partial charge in [0.1, 0.15) is 11.4 Å². The maximum atomic E-state index is 14.0. The summed E-state index contributed by atoms with van der Waals surface area (Å²) in [6, 6.07) is 1.38. The van der Waals surface area contributed by atoms with Crippen molar-refractivity contribution < 1.29 is 22.4 Å². The number of pyridine rings is 1. The molecule has 1 fully saturated rings. The van der Waals surface area contributed by atoms with E-state index < -0.39 is 12.3 Å². The summed E-state index contributed by atoms with van der Waals surface area (Å²) >= 11 is 0. The smallest absolute Gasteiger partial charge is 0.306 e. The van der Waals surface area contributed by atoms with Crippen LogP contribution in [0.5, 0.6) is 5.75 Å². The Hall–Kier alpha value is -2.12. The second kappa shape index (κ2) is 6.00. The summed E-state index contributed by atoms with van der Waals surface area (Å²) in [4.78, 5) is 8.53. The first kappa shape index (κ1) is 17.7. The van der Waals surface area contributed by atoms with Crippen molar-refractivity contribution in [1.82, 2.24) is 15.1 Å². The summed E-state index contributed by atoms with van der Waals surface area (Å²) in [5.74, 6) is -2.28. The molecule has 0 N–H and O–H groups in total. The molecule has 1 atom stereocenters. The highest BCUT2D eigenvalue weighted by molar-refractivity contribution is 5.53. The van der Waals surface area contributed by atoms with Gasteiger partial charge >= 0.3 is 12.3 Å². The van der Waals surface area contributed by atoms with Crippen molar-refractivity contribution in [2.45, 2.75) is 64.1 Å². The highest BCUT2D eigenvalue weighted by atomic mass is 19.3. The first-order valence-corrected chi connectivity index (χ1v) is 8.08. The van der Waals surface area contributed by atoms with Gasteiger partial charge < -0.3 is 9.26 Å². The lowest BCUT2D eigenvalue weighted by atomic mass is 9.96. The molecule has 3 rings (SSSR count). The largest absolute Gasteiger partial charge is 0.452 e. The lowest BCUT2D eigenvalue weighted by Crippen LogP contribution is -2.35. The lowest BCUT2D eigenvalue weighted by molar-refractivity contribution is -0.153. The van der Waals surface area contributed by atoms with Crippen LogP contribution in [-0.4, -0.2) is 27.4 Å². The molecule has 2 heterocycles. The number of aromatic nitrogens is 3. The highest BCUT2D eigenvalue weighted by Gasteiger charge is 2.39. The third-order valence-electron chi connectivity index (χ3n) is 3.93. The fraction of sp³-hybridized carbons (Fsp3) is 0.588. The van der Waals surface area contributed by atoms with Crippen LogP contribution in [0.15, 0.2) is 16.8 Å². The van der Waals surface area contributed by atoms with Gasteiger partial charge in [-0.2, -0.15) is 9.37 Å². The Morgan fingerprint density at radius 2 is 1.92 bits per heavy atom. The minimum Gasteiger partial charge on any atom is -0.452 e. The molecule has 5 nitrogen and oxygen atoms in total. The molecule has 0 radical (unpaired) electrons. The Labute approximate surface area is 143 Å². The molecule has 0 saturated heterocycles. The molecule has 2 aromatic heterocycles. The lowest BCUT2D eigenvalue weighted by Gasteiger charge is -2.23. The second-order valence-corrected chi connectivity index (χ2v) is 7.44. The molecule has 0 aromatic carbocycles. The van der Waals surface area contributed by atoms with Gasteiger partial charge in [-0.3, -0.25) is 4.98 Å². The molecule has 0 aliphatic heterocycles. The fourth-order valence-corrected chi connectivity index (χ4v) is 2.25. The summed E-state index contributed by atoms with van der Waals surface area (Å²) in [7, 11) is 0. The molecule has 136 valence electrons. The molecule has 1 aliphatic rings. The summed E-state index contributed by atoms with van der Waals surface area (Å²) in [5, 5.41) is 3.91. The number of hydrogen-bond donors (Lipinski definition) is 0. The van der Waals surface area contributed by atoms with Crippen molar-refractivity contribution in [2.75, 3.05) is 0 Å². The number of alkyl halides is 3. The molecule has 1 saturated carbocycles. The minimum absolute atomic E-state index is 0.0355. The number of nitrogens with zero attached hydrogens (tertiary/aromatic N) is 3. The van der Waals surface area contributed by atoms with Crippen LogP contribution in [0.25, 0.3) is 11.6 Å².